The lowest BCUT2D eigenvalue weighted by Gasteiger charge is -2.07. The molecule has 2 rings (SSSR count). The maximum absolute atomic E-state index is 10.9. The number of carboxylic acid groups (broad SMARTS) is 1. The van der Waals surface area contributed by atoms with Crippen LogP contribution in [0.3, 0.4) is 0 Å². The predicted molar refractivity (Wildman–Crippen MR) is 76.7 cm³/mol. The molecule has 0 saturated heterocycles. The maximum Gasteiger partial charge on any atom is 0.335 e. The van der Waals surface area contributed by atoms with E-state index in [0.29, 0.717) is 0 Å². The van der Waals surface area contributed by atoms with E-state index in [4.69, 9.17) is 5.11 Å². The smallest absolute Gasteiger partial charge is 0.335 e. The summed E-state index contributed by atoms with van der Waals surface area (Å²) in [7, 11) is 0. The fourth-order valence-electron chi connectivity index (χ4n) is 1.73. The lowest BCUT2D eigenvalue weighted by molar-refractivity contribution is 0.0696. The molecule has 98 valence electrons. The van der Waals surface area contributed by atoms with E-state index in [9.17, 15) is 4.79 Å². The van der Waals surface area contributed by atoms with Gasteiger partial charge in [-0.1, -0.05) is 23.8 Å². The molecular weight excluding hydrogens is 258 g/mol. The molecule has 0 atom stereocenters. The lowest BCUT2D eigenvalue weighted by Crippen LogP contribution is -1.97. The molecule has 0 spiro atoms. The molecule has 0 aliphatic carbocycles. The van der Waals surface area contributed by atoms with Crippen LogP contribution in [0.5, 0.6) is 0 Å². The van der Waals surface area contributed by atoms with E-state index < -0.39 is 5.97 Å². The van der Waals surface area contributed by atoms with Crippen molar-refractivity contribution < 1.29 is 9.90 Å². The van der Waals surface area contributed by atoms with Gasteiger partial charge in [0.05, 0.1) is 10.6 Å². The molecule has 0 fully saturated rings. The van der Waals surface area contributed by atoms with Crippen LogP contribution in [0.15, 0.2) is 41.6 Å². The average molecular weight is 273 g/mol. The molecular formula is C15H15NO2S. The van der Waals surface area contributed by atoms with E-state index in [2.05, 4.69) is 37.0 Å². The standard InChI is InChI=1S/C15H15NO2S/c1-10-3-4-11(2)13(7-10)9-19-14-8-12(15(17)18)5-6-16-14/h3-8H,9H2,1-2H3,(H,17,18). The Morgan fingerprint density at radius 2 is 2.05 bits per heavy atom. The Balaban J connectivity index is 2.12. The number of aryl methyl sites for hydroxylation is 2. The highest BCUT2D eigenvalue weighted by Crippen LogP contribution is 2.24. The minimum atomic E-state index is -0.920. The number of nitrogens with zero attached hydrogens (tertiary/aromatic N) is 1. The van der Waals surface area contributed by atoms with Crippen LogP contribution in [0, 0.1) is 13.8 Å². The summed E-state index contributed by atoms with van der Waals surface area (Å²) in [5, 5.41) is 9.67. The first-order valence-electron chi connectivity index (χ1n) is 5.94. The summed E-state index contributed by atoms with van der Waals surface area (Å²) in [5.41, 5.74) is 4.01. The highest BCUT2D eigenvalue weighted by Gasteiger charge is 2.06. The number of carboxylic acids is 1. The third-order valence-electron chi connectivity index (χ3n) is 2.86. The van der Waals surface area contributed by atoms with Crippen molar-refractivity contribution in [3.05, 3.63) is 58.8 Å². The van der Waals surface area contributed by atoms with Gasteiger partial charge in [-0.05, 0) is 37.1 Å². The van der Waals surface area contributed by atoms with Crippen molar-refractivity contribution in [2.45, 2.75) is 24.6 Å². The highest BCUT2D eigenvalue weighted by atomic mass is 32.2. The van der Waals surface area contributed by atoms with Crippen molar-refractivity contribution in [2.75, 3.05) is 0 Å². The van der Waals surface area contributed by atoms with Crippen LogP contribution in [0.4, 0.5) is 0 Å². The second-order valence-corrected chi connectivity index (χ2v) is 5.40. The largest absolute Gasteiger partial charge is 0.478 e. The second-order valence-electron chi connectivity index (χ2n) is 4.41. The summed E-state index contributed by atoms with van der Waals surface area (Å²) in [6.45, 7) is 4.15. The Morgan fingerprint density at radius 3 is 2.79 bits per heavy atom. The average Bonchev–Trinajstić information content (AvgIpc) is 2.40. The van der Waals surface area contributed by atoms with Crippen molar-refractivity contribution >= 4 is 17.7 Å². The van der Waals surface area contributed by atoms with E-state index in [1.165, 1.54) is 29.0 Å². The first kappa shape index (κ1) is 13.6. The highest BCUT2D eigenvalue weighted by molar-refractivity contribution is 7.98. The molecule has 4 heteroatoms. The van der Waals surface area contributed by atoms with E-state index in [1.54, 1.807) is 17.8 Å². The summed E-state index contributed by atoms with van der Waals surface area (Å²) in [6.07, 6.45) is 1.54. The molecule has 0 aliphatic rings. The molecule has 2 aromatic rings. The fourth-order valence-corrected chi connectivity index (χ4v) is 2.69. The van der Waals surface area contributed by atoms with Gasteiger partial charge in [0.25, 0.3) is 0 Å². The molecule has 19 heavy (non-hydrogen) atoms. The molecule has 0 radical (unpaired) electrons. The monoisotopic (exact) mass is 273 g/mol. The van der Waals surface area contributed by atoms with Crippen molar-refractivity contribution in [1.29, 1.82) is 0 Å². The Kier molecular flexibility index (Phi) is 4.22. The summed E-state index contributed by atoms with van der Waals surface area (Å²) < 4.78 is 0. The quantitative estimate of drug-likeness (QED) is 0.863. The molecule has 0 bridgehead atoms. The first-order valence-corrected chi connectivity index (χ1v) is 6.93. The van der Waals surface area contributed by atoms with Crippen LogP contribution in [0.25, 0.3) is 0 Å². The Hall–Kier alpha value is -1.81. The normalized spacial score (nSPS) is 10.4. The summed E-state index contributed by atoms with van der Waals surface area (Å²) >= 11 is 1.55. The molecule has 0 amide bonds. The lowest BCUT2D eigenvalue weighted by atomic mass is 10.1. The van der Waals surface area contributed by atoms with Gasteiger partial charge in [0.2, 0.25) is 0 Å². The zero-order valence-electron chi connectivity index (χ0n) is 10.9. The zero-order valence-corrected chi connectivity index (χ0v) is 11.7. The van der Waals surface area contributed by atoms with Gasteiger partial charge >= 0.3 is 5.97 Å². The van der Waals surface area contributed by atoms with Crippen LogP contribution < -0.4 is 0 Å². The Morgan fingerprint density at radius 1 is 1.26 bits per heavy atom. The predicted octanol–water partition coefficient (Wildman–Crippen LogP) is 3.69. The van der Waals surface area contributed by atoms with Crippen LogP contribution in [0.2, 0.25) is 0 Å². The van der Waals surface area contributed by atoms with Crippen LogP contribution in [0.1, 0.15) is 27.0 Å². The van der Waals surface area contributed by atoms with Crippen molar-refractivity contribution in [3.63, 3.8) is 0 Å². The van der Waals surface area contributed by atoms with Crippen molar-refractivity contribution in [1.82, 2.24) is 4.98 Å². The zero-order chi connectivity index (χ0) is 13.8. The number of aromatic carboxylic acids is 1. The molecule has 1 aromatic heterocycles. The van der Waals surface area contributed by atoms with E-state index >= 15 is 0 Å². The summed E-state index contributed by atoms with van der Waals surface area (Å²) in [4.78, 5) is 15.1. The number of rotatable bonds is 4. The minimum absolute atomic E-state index is 0.276. The molecule has 0 aliphatic heterocycles. The summed E-state index contributed by atoms with van der Waals surface area (Å²) in [5.74, 6) is -0.125. The van der Waals surface area contributed by atoms with Gasteiger partial charge in [0.15, 0.2) is 0 Å². The van der Waals surface area contributed by atoms with Crippen LogP contribution in [-0.4, -0.2) is 16.1 Å². The van der Waals surface area contributed by atoms with E-state index in [1.807, 2.05) is 0 Å². The number of carbonyl (C=O) groups is 1. The molecule has 3 nitrogen and oxygen atoms in total. The molecule has 1 aromatic carbocycles. The fraction of sp³-hybridized carbons (Fsp3) is 0.200. The van der Waals surface area contributed by atoms with Gasteiger partial charge in [-0.2, -0.15) is 0 Å². The molecule has 0 unspecified atom stereocenters. The van der Waals surface area contributed by atoms with Gasteiger partial charge in [-0.15, -0.1) is 11.8 Å². The van der Waals surface area contributed by atoms with Crippen LogP contribution >= 0.6 is 11.8 Å². The van der Waals surface area contributed by atoms with Crippen LogP contribution in [-0.2, 0) is 5.75 Å². The second kappa shape index (κ2) is 5.89. The maximum atomic E-state index is 10.9. The van der Waals surface area contributed by atoms with E-state index in [-0.39, 0.29) is 5.56 Å². The SMILES string of the molecule is Cc1ccc(C)c(CSc2cc(C(=O)O)ccn2)c1. The number of pyridine rings is 1. The molecule has 0 saturated carbocycles. The Bertz CT molecular complexity index is 611. The third kappa shape index (κ3) is 3.58. The molecule has 1 N–H and O–H groups in total. The Labute approximate surface area is 116 Å². The number of thioether (sulfide) groups is 1. The minimum Gasteiger partial charge on any atom is -0.478 e. The van der Waals surface area contributed by atoms with Gasteiger partial charge in [0.1, 0.15) is 0 Å². The van der Waals surface area contributed by atoms with E-state index in [0.717, 1.165) is 10.8 Å². The molecule has 1 heterocycles. The first-order chi connectivity index (χ1) is 9.06. The number of hydrogen-bond acceptors (Lipinski definition) is 3. The van der Waals surface area contributed by atoms with Crippen molar-refractivity contribution in [2.24, 2.45) is 0 Å². The van der Waals surface area contributed by atoms with Gasteiger partial charge in [0, 0.05) is 11.9 Å². The number of benzene rings is 1. The van der Waals surface area contributed by atoms with Gasteiger partial charge in [-0.3, -0.25) is 0 Å². The summed E-state index contributed by atoms with van der Waals surface area (Å²) in [6, 6.07) is 9.46. The topological polar surface area (TPSA) is 50.2 Å². The number of aromatic nitrogens is 1. The number of hydrogen-bond donors (Lipinski definition) is 1. The van der Waals surface area contributed by atoms with Gasteiger partial charge < -0.3 is 5.11 Å². The third-order valence-corrected chi connectivity index (χ3v) is 3.84. The van der Waals surface area contributed by atoms with Gasteiger partial charge in [-0.25, -0.2) is 9.78 Å². The van der Waals surface area contributed by atoms with Crippen molar-refractivity contribution in [3.8, 4) is 0 Å².